The Bertz CT molecular complexity index is 1080. The van der Waals surface area contributed by atoms with Gasteiger partial charge in [0.15, 0.2) is 0 Å². The van der Waals surface area contributed by atoms with E-state index in [1.807, 2.05) is 60.7 Å². The Morgan fingerprint density at radius 1 is 0.700 bits per heavy atom. The van der Waals surface area contributed by atoms with E-state index in [1.54, 1.807) is 0 Å². The van der Waals surface area contributed by atoms with Crippen molar-refractivity contribution in [3.05, 3.63) is 107 Å². The van der Waals surface area contributed by atoms with Gasteiger partial charge >= 0.3 is 251 Å². The molecule has 0 heterocycles. The van der Waals surface area contributed by atoms with Crippen LogP contribution in [0.4, 0.5) is 0 Å². The van der Waals surface area contributed by atoms with Crippen LogP contribution in [0.25, 0.3) is 0 Å². The summed E-state index contributed by atoms with van der Waals surface area (Å²) in [5, 5.41) is 5.55. The normalized spacial score (nSPS) is 13.1. The molecule has 1 N–H and O–H groups in total. The molecule has 2 nitrogen and oxygen atoms in total. The summed E-state index contributed by atoms with van der Waals surface area (Å²) in [5.41, 5.74) is 1.34. The molecule has 3 rings (SSSR count). The third kappa shape index (κ3) is 10.3. The van der Waals surface area contributed by atoms with Gasteiger partial charge in [-0.25, -0.2) is 0 Å². The molecule has 0 aromatic heterocycles. The van der Waals surface area contributed by atoms with E-state index in [9.17, 15) is 4.57 Å². The molecule has 0 saturated heterocycles. The fourth-order valence-corrected chi connectivity index (χ4v) is 22.7. The summed E-state index contributed by atoms with van der Waals surface area (Å²) < 4.78 is 22.1. The van der Waals surface area contributed by atoms with Crippen LogP contribution < -0.4 is 15.7 Å². The molecular weight excluding hydrogens is 612 g/mol. The zero-order valence-corrected chi connectivity index (χ0v) is 29.0. The first-order valence-corrected chi connectivity index (χ1v) is 25.2. The van der Waals surface area contributed by atoms with Gasteiger partial charge in [0.2, 0.25) is 0 Å². The second-order valence-electron chi connectivity index (χ2n) is 11.4. The Hall–Kier alpha value is -1.61. The van der Waals surface area contributed by atoms with Crippen molar-refractivity contribution in [2.24, 2.45) is 0 Å². The third-order valence-corrected chi connectivity index (χ3v) is 25.2. The number of hydrogen-bond donors (Lipinski definition) is 1. The van der Waals surface area contributed by atoms with Gasteiger partial charge in [-0.1, -0.05) is 0 Å². The van der Waals surface area contributed by atoms with Gasteiger partial charge in [0.1, 0.15) is 0 Å². The van der Waals surface area contributed by atoms with Gasteiger partial charge in [-0.2, -0.15) is 0 Å². The van der Waals surface area contributed by atoms with E-state index in [1.165, 1.54) is 57.4 Å². The molecule has 0 aliphatic carbocycles. The number of rotatable bonds is 19. The minimum absolute atomic E-state index is 0.134. The van der Waals surface area contributed by atoms with E-state index in [0.29, 0.717) is 0 Å². The molecule has 4 heteroatoms. The van der Waals surface area contributed by atoms with E-state index >= 15 is 0 Å². The molecule has 3 aromatic carbocycles. The number of unbranched alkanes of at least 4 members (excludes halogenated alkanes) is 3. The van der Waals surface area contributed by atoms with Gasteiger partial charge in [0.25, 0.3) is 0 Å². The van der Waals surface area contributed by atoms with Crippen LogP contribution in [0.1, 0.15) is 77.7 Å². The number of nitrogens with one attached hydrogen (secondary N) is 1. The first kappa shape index (κ1) is 32.9. The summed E-state index contributed by atoms with van der Waals surface area (Å²) in [6.45, 7) is 7.02. The molecule has 0 bridgehead atoms. The van der Waals surface area contributed by atoms with Crippen LogP contribution in [0.2, 0.25) is 13.3 Å². The molecule has 0 aliphatic heterocycles. The average molecular weight is 665 g/mol. The summed E-state index contributed by atoms with van der Waals surface area (Å²) in [7, 11) is -3.00. The summed E-state index contributed by atoms with van der Waals surface area (Å²) in [6, 6.07) is 31.0. The van der Waals surface area contributed by atoms with Crippen molar-refractivity contribution in [2.45, 2.75) is 97.9 Å². The Morgan fingerprint density at radius 2 is 1.15 bits per heavy atom. The van der Waals surface area contributed by atoms with Crippen molar-refractivity contribution in [2.75, 3.05) is 0 Å². The quantitative estimate of drug-likeness (QED) is 0.102. The van der Waals surface area contributed by atoms with Crippen LogP contribution in [0, 0.1) is 0 Å². The minimum atomic E-state index is -3.00. The van der Waals surface area contributed by atoms with Crippen molar-refractivity contribution < 1.29 is 4.57 Å². The van der Waals surface area contributed by atoms with Crippen molar-refractivity contribution in [3.8, 4) is 0 Å². The Morgan fingerprint density at radius 3 is 1.60 bits per heavy atom. The van der Waals surface area contributed by atoms with Gasteiger partial charge in [-0.3, -0.25) is 0 Å². The van der Waals surface area contributed by atoms with Crippen LogP contribution in [-0.4, -0.2) is 24.4 Å². The van der Waals surface area contributed by atoms with Crippen LogP contribution in [0.3, 0.4) is 0 Å². The molecule has 40 heavy (non-hydrogen) atoms. The summed E-state index contributed by atoms with van der Waals surface area (Å²) in [4.78, 5) is 0. The average Bonchev–Trinajstić information content (AvgIpc) is 3.01. The maximum absolute atomic E-state index is 14.9. The molecule has 1 unspecified atom stereocenters. The number of aryl methyl sites for hydroxylation is 1. The van der Waals surface area contributed by atoms with Crippen molar-refractivity contribution in [3.63, 3.8) is 0 Å². The van der Waals surface area contributed by atoms with Crippen LogP contribution in [-0.2, 0) is 11.0 Å². The molecule has 0 aliphatic rings. The van der Waals surface area contributed by atoms with Crippen molar-refractivity contribution >= 4 is 36.3 Å². The van der Waals surface area contributed by atoms with E-state index in [2.05, 4.69) is 66.4 Å². The standard InChI is InChI=1S/C24H25NOP.3C4H9.Sn/c1-2-12-22(20-19-21-13-6-3-7-14-21)25-27(26,23-15-8-4-9-16-23)24-17-10-5-11-18-24;3*1-3-4-2;/h1-11,13-18,22H,12,19-20H2,(H,25,26);3*1,3-4H2,2H3;. The van der Waals surface area contributed by atoms with Gasteiger partial charge < -0.3 is 0 Å². The first-order chi connectivity index (χ1) is 19.5. The van der Waals surface area contributed by atoms with E-state index < -0.39 is 25.7 Å². The van der Waals surface area contributed by atoms with E-state index in [-0.39, 0.29) is 6.04 Å². The number of benzene rings is 3. The first-order valence-electron chi connectivity index (χ1n) is 15.8. The van der Waals surface area contributed by atoms with Crippen LogP contribution >= 0.6 is 7.29 Å². The molecule has 0 amide bonds. The zero-order valence-electron chi connectivity index (χ0n) is 25.2. The summed E-state index contributed by atoms with van der Waals surface area (Å²) in [5.74, 6) is 0. The van der Waals surface area contributed by atoms with Gasteiger partial charge in [-0.05, 0) is 0 Å². The Labute approximate surface area is 249 Å². The maximum atomic E-state index is 14.9. The molecule has 0 fully saturated rings. The number of hydrogen-bond acceptors (Lipinski definition) is 1. The van der Waals surface area contributed by atoms with Crippen molar-refractivity contribution in [1.29, 1.82) is 0 Å². The molecule has 216 valence electrons. The third-order valence-electron chi connectivity index (χ3n) is 8.20. The molecule has 0 radical (unpaired) electrons. The molecular formula is C36H52NOPSn. The van der Waals surface area contributed by atoms with Gasteiger partial charge in [-0.15, -0.1) is 0 Å². The van der Waals surface area contributed by atoms with Crippen molar-refractivity contribution in [1.82, 2.24) is 5.09 Å². The predicted octanol–water partition coefficient (Wildman–Crippen LogP) is 9.84. The van der Waals surface area contributed by atoms with E-state index in [0.717, 1.165) is 29.9 Å². The van der Waals surface area contributed by atoms with Gasteiger partial charge in [0.05, 0.1) is 0 Å². The fourth-order valence-electron chi connectivity index (χ4n) is 5.75. The fraction of sp³-hybridized carbons (Fsp3) is 0.444. The van der Waals surface area contributed by atoms with Crippen LogP contribution in [0.5, 0.6) is 0 Å². The molecule has 3 aromatic rings. The molecule has 0 saturated carbocycles. The second kappa shape index (κ2) is 18.0. The Kier molecular flexibility index (Phi) is 14.8. The van der Waals surface area contributed by atoms with E-state index in [4.69, 9.17) is 0 Å². The summed E-state index contributed by atoms with van der Waals surface area (Å²) in [6.07, 6.45) is 13.4. The zero-order chi connectivity index (χ0) is 28.5. The van der Waals surface area contributed by atoms with Crippen LogP contribution in [0.15, 0.2) is 101 Å². The topological polar surface area (TPSA) is 29.1 Å². The Balaban J connectivity index is 1.91. The second-order valence-corrected chi connectivity index (χ2v) is 27.0. The predicted molar refractivity (Wildman–Crippen MR) is 180 cm³/mol. The molecule has 1 atom stereocenters. The molecule has 0 spiro atoms. The van der Waals surface area contributed by atoms with Gasteiger partial charge in [0, 0.05) is 0 Å². The summed E-state index contributed by atoms with van der Waals surface area (Å²) >= 11 is -2.38. The SMILES string of the molecule is CCC[CH2][Sn](/[CH]=C/CC(CCc1ccccc1)NP(=O)(c1ccccc1)c1ccccc1)([CH2]CCC)[CH2]CCC. The monoisotopic (exact) mass is 665 g/mol.